The Morgan fingerprint density at radius 1 is 1.28 bits per heavy atom. The maximum Gasteiger partial charge on any atom is 0.258 e. The fraction of sp³-hybridized carbons (Fsp3) is 0.389. The Labute approximate surface area is 147 Å². The Hall–Kier alpha value is -2.67. The molecule has 1 aromatic heterocycles. The number of anilines is 1. The van der Waals surface area contributed by atoms with Crippen molar-refractivity contribution in [3.63, 3.8) is 0 Å². The zero-order chi connectivity index (χ0) is 17.5. The van der Waals surface area contributed by atoms with Gasteiger partial charge >= 0.3 is 0 Å². The second kappa shape index (κ2) is 8.43. The summed E-state index contributed by atoms with van der Waals surface area (Å²) in [6, 6.07) is 9.41. The van der Waals surface area contributed by atoms with Gasteiger partial charge in [0.15, 0.2) is 6.61 Å². The minimum absolute atomic E-state index is 0.0216. The minimum Gasteiger partial charge on any atom is -0.484 e. The van der Waals surface area contributed by atoms with Crippen molar-refractivity contribution >= 4 is 11.9 Å². The van der Waals surface area contributed by atoms with Gasteiger partial charge in [0.1, 0.15) is 5.75 Å². The molecule has 0 bridgehead atoms. The molecule has 1 saturated heterocycles. The molecule has 0 radical (unpaired) electrons. The van der Waals surface area contributed by atoms with E-state index >= 15 is 0 Å². The van der Waals surface area contributed by atoms with Gasteiger partial charge in [0, 0.05) is 19.3 Å². The molecule has 132 valence electrons. The number of para-hydroxylation sites is 1. The van der Waals surface area contributed by atoms with E-state index in [0.29, 0.717) is 31.5 Å². The van der Waals surface area contributed by atoms with Crippen molar-refractivity contribution in [3.8, 4) is 5.75 Å². The number of amides is 1. The molecule has 25 heavy (non-hydrogen) atoms. The number of rotatable bonds is 6. The van der Waals surface area contributed by atoms with Crippen molar-refractivity contribution in [2.75, 3.05) is 37.8 Å². The molecule has 1 aliphatic rings. The van der Waals surface area contributed by atoms with Crippen molar-refractivity contribution in [1.29, 1.82) is 0 Å². The van der Waals surface area contributed by atoms with Crippen LogP contribution in [0.5, 0.6) is 5.75 Å². The number of carbonyl (C=O) groups is 1. The Kier molecular flexibility index (Phi) is 5.79. The number of nitrogens with zero attached hydrogens (tertiary/aromatic N) is 3. The van der Waals surface area contributed by atoms with E-state index in [0.717, 1.165) is 24.3 Å². The van der Waals surface area contributed by atoms with Crippen LogP contribution < -0.4 is 15.0 Å². The van der Waals surface area contributed by atoms with E-state index in [1.54, 1.807) is 12.3 Å². The number of hydrogen-bond donors (Lipinski definition) is 1. The lowest BCUT2D eigenvalue weighted by Crippen LogP contribution is -2.37. The molecular weight excluding hydrogens is 320 g/mol. The van der Waals surface area contributed by atoms with E-state index in [1.165, 1.54) is 0 Å². The van der Waals surface area contributed by atoms with Crippen LogP contribution in [-0.2, 0) is 16.1 Å². The van der Waals surface area contributed by atoms with Crippen LogP contribution in [0.4, 0.5) is 5.95 Å². The second-order valence-corrected chi connectivity index (χ2v) is 5.78. The molecule has 3 rings (SSSR count). The molecule has 1 N–H and O–H groups in total. The van der Waals surface area contributed by atoms with Crippen molar-refractivity contribution in [2.45, 2.75) is 13.5 Å². The van der Waals surface area contributed by atoms with E-state index in [4.69, 9.17) is 9.47 Å². The molecule has 0 atom stereocenters. The highest BCUT2D eigenvalue weighted by molar-refractivity contribution is 5.77. The van der Waals surface area contributed by atoms with Crippen LogP contribution in [0.15, 0.2) is 36.5 Å². The van der Waals surface area contributed by atoms with Gasteiger partial charge in [-0.05, 0) is 24.6 Å². The van der Waals surface area contributed by atoms with Crippen LogP contribution >= 0.6 is 0 Å². The fourth-order valence-corrected chi connectivity index (χ4v) is 2.50. The molecule has 1 fully saturated rings. The van der Waals surface area contributed by atoms with Gasteiger partial charge in [-0.1, -0.05) is 18.2 Å². The number of nitrogens with one attached hydrogen (secondary N) is 1. The van der Waals surface area contributed by atoms with Crippen molar-refractivity contribution in [2.24, 2.45) is 0 Å². The number of morpholine rings is 1. The number of ether oxygens (including phenoxy) is 2. The zero-order valence-corrected chi connectivity index (χ0v) is 14.3. The number of aromatic nitrogens is 2. The van der Waals surface area contributed by atoms with Crippen LogP contribution in [0.1, 0.15) is 11.3 Å². The Balaban J connectivity index is 1.49. The standard InChI is InChI=1S/C18H22N4O3/c1-14-4-2-3-5-16(14)25-13-17(23)20-12-15-6-7-19-18(21-15)22-8-10-24-11-9-22/h2-7H,8-13H2,1H3,(H,20,23). The van der Waals surface area contributed by atoms with Crippen LogP contribution in [0.2, 0.25) is 0 Å². The van der Waals surface area contributed by atoms with Crippen molar-refractivity contribution < 1.29 is 14.3 Å². The summed E-state index contributed by atoms with van der Waals surface area (Å²) in [6.07, 6.45) is 1.71. The Morgan fingerprint density at radius 2 is 2.08 bits per heavy atom. The summed E-state index contributed by atoms with van der Waals surface area (Å²) in [6.45, 7) is 5.19. The van der Waals surface area contributed by atoms with Crippen LogP contribution in [0, 0.1) is 6.92 Å². The summed E-state index contributed by atoms with van der Waals surface area (Å²) in [7, 11) is 0. The molecule has 2 heterocycles. The van der Waals surface area contributed by atoms with Crippen molar-refractivity contribution in [3.05, 3.63) is 47.8 Å². The SMILES string of the molecule is Cc1ccccc1OCC(=O)NCc1ccnc(N2CCOCC2)n1. The third-order valence-electron chi connectivity index (χ3n) is 3.91. The molecular formula is C18H22N4O3. The Bertz CT molecular complexity index is 717. The molecule has 1 aliphatic heterocycles. The maximum absolute atomic E-state index is 12.0. The summed E-state index contributed by atoms with van der Waals surface area (Å²) in [5.74, 6) is 1.20. The molecule has 1 amide bonds. The number of hydrogen-bond acceptors (Lipinski definition) is 6. The van der Waals surface area contributed by atoms with Gasteiger partial charge in [-0.25, -0.2) is 9.97 Å². The van der Waals surface area contributed by atoms with Gasteiger partial charge in [0.2, 0.25) is 5.95 Å². The quantitative estimate of drug-likeness (QED) is 0.853. The molecule has 0 aliphatic carbocycles. The molecule has 0 unspecified atom stereocenters. The average molecular weight is 342 g/mol. The number of aryl methyl sites for hydroxylation is 1. The first-order valence-electron chi connectivity index (χ1n) is 8.32. The van der Waals surface area contributed by atoms with Crippen LogP contribution in [0.25, 0.3) is 0 Å². The molecule has 7 nitrogen and oxygen atoms in total. The van der Waals surface area contributed by atoms with E-state index < -0.39 is 0 Å². The van der Waals surface area contributed by atoms with E-state index in [2.05, 4.69) is 20.2 Å². The summed E-state index contributed by atoms with van der Waals surface area (Å²) in [4.78, 5) is 22.9. The van der Waals surface area contributed by atoms with Crippen LogP contribution in [-0.4, -0.2) is 48.8 Å². The largest absolute Gasteiger partial charge is 0.484 e. The molecule has 7 heteroatoms. The normalized spacial score (nSPS) is 14.2. The van der Waals surface area contributed by atoms with Gasteiger partial charge in [-0.3, -0.25) is 4.79 Å². The minimum atomic E-state index is -0.185. The summed E-state index contributed by atoms with van der Waals surface area (Å²) < 4.78 is 10.9. The number of carbonyl (C=O) groups excluding carboxylic acids is 1. The first-order valence-corrected chi connectivity index (χ1v) is 8.32. The van der Waals surface area contributed by atoms with E-state index in [9.17, 15) is 4.79 Å². The topological polar surface area (TPSA) is 76.6 Å². The predicted molar refractivity (Wildman–Crippen MR) is 93.6 cm³/mol. The highest BCUT2D eigenvalue weighted by Crippen LogP contribution is 2.15. The van der Waals surface area contributed by atoms with Gasteiger partial charge in [0.25, 0.3) is 5.91 Å². The lowest BCUT2D eigenvalue weighted by Gasteiger charge is -2.26. The molecule has 1 aromatic carbocycles. The smallest absolute Gasteiger partial charge is 0.258 e. The summed E-state index contributed by atoms with van der Waals surface area (Å²) in [5.41, 5.74) is 1.77. The average Bonchev–Trinajstić information content (AvgIpc) is 2.67. The Morgan fingerprint density at radius 3 is 2.88 bits per heavy atom. The fourth-order valence-electron chi connectivity index (χ4n) is 2.50. The predicted octanol–water partition coefficient (Wildman–Crippen LogP) is 1.32. The lowest BCUT2D eigenvalue weighted by molar-refractivity contribution is -0.123. The summed E-state index contributed by atoms with van der Waals surface area (Å²) >= 11 is 0. The third-order valence-corrected chi connectivity index (χ3v) is 3.91. The first kappa shape index (κ1) is 17.2. The van der Waals surface area contributed by atoms with Crippen molar-refractivity contribution in [1.82, 2.24) is 15.3 Å². The highest BCUT2D eigenvalue weighted by atomic mass is 16.5. The molecule has 0 saturated carbocycles. The molecule has 2 aromatic rings. The lowest BCUT2D eigenvalue weighted by atomic mass is 10.2. The molecule has 0 spiro atoms. The maximum atomic E-state index is 12.0. The number of benzene rings is 1. The van der Waals surface area contributed by atoms with Crippen LogP contribution in [0.3, 0.4) is 0 Å². The zero-order valence-electron chi connectivity index (χ0n) is 14.3. The first-order chi connectivity index (χ1) is 12.2. The van der Waals surface area contributed by atoms with E-state index in [1.807, 2.05) is 31.2 Å². The monoisotopic (exact) mass is 342 g/mol. The highest BCUT2D eigenvalue weighted by Gasteiger charge is 2.14. The van der Waals surface area contributed by atoms with Gasteiger partial charge in [0.05, 0.1) is 25.5 Å². The van der Waals surface area contributed by atoms with Gasteiger partial charge in [-0.2, -0.15) is 0 Å². The summed E-state index contributed by atoms with van der Waals surface area (Å²) in [5, 5.41) is 2.82. The third kappa shape index (κ3) is 4.90. The van der Waals surface area contributed by atoms with E-state index in [-0.39, 0.29) is 12.5 Å². The second-order valence-electron chi connectivity index (χ2n) is 5.78. The van der Waals surface area contributed by atoms with Gasteiger partial charge < -0.3 is 19.7 Å². The van der Waals surface area contributed by atoms with Gasteiger partial charge in [-0.15, -0.1) is 0 Å².